The minimum absolute atomic E-state index is 0.0857. The van der Waals surface area contributed by atoms with Gasteiger partial charge in [-0.3, -0.25) is 14.4 Å². The zero-order chi connectivity index (χ0) is 22.6. The van der Waals surface area contributed by atoms with Gasteiger partial charge in [-0.15, -0.1) is 0 Å². The topological polar surface area (TPSA) is 193 Å². The van der Waals surface area contributed by atoms with Gasteiger partial charge in [-0.2, -0.15) is 0 Å². The Balaban J connectivity index is 2.03. The second-order valence-corrected chi connectivity index (χ2v) is 7.23. The number of rotatable bonds is 8. The van der Waals surface area contributed by atoms with Crippen LogP contribution in [0.15, 0.2) is 21.5 Å². The normalized spacial score (nSPS) is 28.4. The largest absolute Gasteiger partial charge is 0.481 e. The lowest BCUT2D eigenvalue weighted by molar-refractivity contribution is -0.279. The van der Waals surface area contributed by atoms with E-state index in [9.17, 15) is 34.8 Å². The molecule has 1 aromatic heterocycles. The molecule has 1 aliphatic heterocycles. The van der Waals surface area contributed by atoms with E-state index in [1.54, 1.807) is 0 Å². The Hall–Kier alpha value is -2.51. The summed E-state index contributed by atoms with van der Waals surface area (Å²) in [4.78, 5) is 34.5. The van der Waals surface area contributed by atoms with Crippen LogP contribution in [0.2, 0.25) is 0 Å². The van der Waals surface area contributed by atoms with Crippen molar-refractivity contribution in [1.29, 1.82) is 0 Å². The maximum Gasteiger partial charge on any atom is 0.308 e. The van der Waals surface area contributed by atoms with E-state index in [4.69, 9.17) is 23.7 Å². The first-order valence-electron chi connectivity index (χ1n) is 8.96. The molecule has 0 spiro atoms. The van der Waals surface area contributed by atoms with Crippen LogP contribution in [0.5, 0.6) is 5.75 Å². The Morgan fingerprint density at radius 3 is 2.43 bits per heavy atom. The molecule has 5 N–H and O–H groups in total. The average Bonchev–Trinajstić information content (AvgIpc) is 2.62. The van der Waals surface area contributed by atoms with Crippen LogP contribution in [-0.2, 0) is 19.1 Å². The van der Waals surface area contributed by atoms with E-state index in [2.05, 4.69) is 0 Å². The molecule has 0 bridgehead atoms. The molecule has 0 radical (unpaired) electrons. The SMILES string of the molecule is Cc1occc(=O)c1O[C@@H]1O[C@H](COC(=O)C[C@](C)(O)CC(=O)O)[C@@H](O)[C@H](O)[C@H]1O. The van der Waals surface area contributed by atoms with Gasteiger partial charge in [-0.25, -0.2) is 0 Å². The summed E-state index contributed by atoms with van der Waals surface area (Å²) in [5, 5.41) is 48.8. The first-order chi connectivity index (χ1) is 13.9. The first kappa shape index (κ1) is 23.8. The summed E-state index contributed by atoms with van der Waals surface area (Å²) in [6, 6.07) is 1.07. The van der Waals surface area contributed by atoms with Gasteiger partial charge in [0.1, 0.15) is 36.8 Å². The summed E-state index contributed by atoms with van der Waals surface area (Å²) in [5.41, 5.74) is -2.42. The van der Waals surface area contributed by atoms with Crippen molar-refractivity contribution in [2.45, 2.75) is 63.0 Å². The van der Waals surface area contributed by atoms with Crippen LogP contribution in [0.1, 0.15) is 25.5 Å². The number of hydrogen-bond acceptors (Lipinski definition) is 11. The molecule has 6 atom stereocenters. The number of carboxylic acid groups (broad SMARTS) is 1. The fourth-order valence-electron chi connectivity index (χ4n) is 2.83. The molecule has 1 aliphatic rings. The molecular formula is C18H24O12. The molecule has 0 saturated carbocycles. The predicted octanol–water partition coefficient (Wildman–Crippen LogP) is -1.71. The van der Waals surface area contributed by atoms with Gasteiger partial charge in [0.25, 0.3) is 0 Å². The molecule has 30 heavy (non-hydrogen) atoms. The Morgan fingerprint density at radius 2 is 1.83 bits per heavy atom. The van der Waals surface area contributed by atoms with Crippen LogP contribution in [-0.4, -0.2) is 80.4 Å². The Kier molecular flexibility index (Phi) is 7.55. The number of aliphatic hydroxyl groups is 4. The maximum absolute atomic E-state index is 11.9. The maximum atomic E-state index is 11.9. The fourth-order valence-corrected chi connectivity index (χ4v) is 2.83. The van der Waals surface area contributed by atoms with E-state index in [1.165, 1.54) is 6.92 Å². The minimum Gasteiger partial charge on any atom is -0.481 e. The quantitative estimate of drug-likeness (QED) is 0.293. The van der Waals surface area contributed by atoms with Gasteiger partial charge >= 0.3 is 11.9 Å². The molecule has 2 rings (SSSR count). The van der Waals surface area contributed by atoms with E-state index < -0.39 is 73.1 Å². The number of carbonyl (C=O) groups excluding carboxylic acids is 1. The second kappa shape index (κ2) is 9.53. The summed E-state index contributed by atoms with van der Waals surface area (Å²) < 4.78 is 20.6. The molecule has 0 amide bonds. The zero-order valence-electron chi connectivity index (χ0n) is 16.3. The van der Waals surface area contributed by atoms with E-state index in [0.29, 0.717) is 0 Å². The molecular weight excluding hydrogens is 408 g/mol. The molecule has 168 valence electrons. The van der Waals surface area contributed by atoms with Crippen LogP contribution in [0.3, 0.4) is 0 Å². The summed E-state index contributed by atoms with van der Waals surface area (Å²) in [6.07, 6.45) is -8.28. The van der Waals surface area contributed by atoms with Crippen molar-refractivity contribution in [3.8, 4) is 5.75 Å². The van der Waals surface area contributed by atoms with E-state index in [1.807, 2.05) is 0 Å². The highest BCUT2D eigenvalue weighted by Gasteiger charge is 2.46. The van der Waals surface area contributed by atoms with Crippen molar-refractivity contribution < 1.29 is 53.7 Å². The van der Waals surface area contributed by atoms with E-state index >= 15 is 0 Å². The van der Waals surface area contributed by atoms with E-state index in [-0.39, 0.29) is 11.5 Å². The number of hydrogen-bond donors (Lipinski definition) is 5. The van der Waals surface area contributed by atoms with Crippen molar-refractivity contribution in [2.24, 2.45) is 0 Å². The number of aliphatic hydroxyl groups excluding tert-OH is 3. The summed E-state index contributed by atoms with van der Waals surface area (Å²) in [5.74, 6) is -2.47. The smallest absolute Gasteiger partial charge is 0.308 e. The standard InChI is InChI=1S/C18H24O12/c1-8-16(9(19)3-4-27-8)30-17-15(25)14(24)13(23)10(29-17)7-28-12(22)6-18(2,26)5-11(20)21/h3-4,10,13-15,17,23-26H,5-7H2,1-2H3,(H,20,21)/t10-,13-,14+,15-,17+,18-/m1/s1. The summed E-state index contributed by atoms with van der Waals surface area (Å²) in [6.45, 7) is 1.97. The number of carbonyl (C=O) groups is 2. The second-order valence-electron chi connectivity index (χ2n) is 7.23. The van der Waals surface area contributed by atoms with Crippen molar-refractivity contribution in [3.05, 3.63) is 28.3 Å². The van der Waals surface area contributed by atoms with Crippen LogP contribution in [0.25, 0.3) is 0 Å². The van der Waals surface area contributed by atoms with Gasteiger partial charge < -0.3 is 44.2 Å². The van der Waals surface area contributed by atoms with Gasteiger partial charge in [0.05, 0.1) is 24.7 Å². The molecule has 1 fully saturated rings. The lowest BCUT2D eigenvalue weighted by Crippen LogP contribution is -2.60. The van der Waals surface area contributed by atoms with Crippen molar-refractivity contribution >= 4 is 11.9 Å². The van der Waals surface area contributed by atoms with Crippen LogP contribution < -0.4 is 10.2 Å². The van der Waals surface area contributed by atoms with Gasteiger partial charge in [0.2, 0.25) is 17.5 Å². The third kappa shape index (κ3) is 6.00. The zero-order valence-corrected chi connectivity index (χ0v) is 16.3. The molecule has 1 aromatic rings. The third-order valence-corrected chi connectivity index (χ3v) is 4.38. The summed E-state index contributed by atoms with van der Waals surface area (Å²) >= 11 is 0. The monoisotopic (exact) mass is 432 g/mol. The molecule has 1 saturated heterocycles. The minimum atomic E-state index is -1.85. The van der Waals surface area contributed by atoms with E-state index in [0.717, 1.165) is 19.3 Å². The number of aryl methyl sites for hydroxylation is 1. The Labute approximate surface area is 170 Å². The van der Waals surface area contributed by atoms with Gasteiger partial charge in [-0.1, -0.05) is 0 Å². The number of aliphatic carboxylic acids is 1. The van der Waals surface area contributed by atoms with Crippen molar-refractivity contribution in [3.63, 3.8) is 0 Å². The number of esters is 1. The van der Waals surface area contributed by atoms with Gasteiger partial charge in [-0.05, 0) is 13.8 Å². The average molecular weight is 432 g/mol. The molecule has 12 heteroatoms. The highest BCUT2D eigenvalue weighted by atomic mass is 16.7. The lowest BCUT2D eigenvalue weighted by Gasteiger charge is -2.39. The molecule has 12 nitrogen and oxygen atoms in total. The Bertz CT molecular complexity index is 816. The highest BCUT2D eigenvalue weighted by molar-refractivity contribution is 5.73. The molecule has 2 heterocycles. The summed E-state index contributed by atoms with van der Waals surface area (Å²) in [7, 11) is 0. The van der Waals surface area contributed by atoms with Crippen molar-refractivity contribution in [2.75, 3.05) is 6.61 Å². The number of carboxylic acids is 1. The number of ether oxygens (including phenoxy) is 3. The molecule has 0 unspecified atom stereocenters. The Morgan fingerprint density at radius 1 is 1.17 bits per heavy atom. The first-order valence-corrected chi connectivity index (χ1v) is 8.96. The molecule has 0 aliphatic carbocycles. The van der Waals surface area contributed by atoms with Gasteiger partial charge in [0, 0.05) is 6.07 Å². The van der Waals surface area contributed by atoms with Crippen LogP contribution in [0.4, 0.5) is 0 Å². The highest BCUT2D eigenvalue weighted by Crippen LogP contribution is 2.25. The van der Waals surface area contributed by atoms with Crippen molar-refractivity contribution in [1.82, 2.24) is 0 Å². The third-order valence-electron chi connectivity index (χ3n) is 4.38. The molecule has 0 aromatic carbocycles. The predicted molar refractivity (Wildman–Crippen MR) is 95.5 cm³/mol. The lowest BCUT2D eigenvalue weighted by atomic mass is 9.98. The van der Waals surface area contributed by atoms with Gasteiger partial charge in [0.15, 0.2) is 0 Å². The fraction of sp³-hybridized carbons (Fsp3) is 0.611. The van der Waals surface area contributed by atoms with Crippen LogP contribution in [0, 0.1) is 6.92 Å². The van der Waals surface area contributed by atoms with Crippen LogP contribution >= 0.6 is 0 Å².